The largest absolute Gasteiger partial charge is 0.406 e. The van der Waals surface area contributed by atoms with Crippen molar-refractivity contribution >= 4 is 17.5 Å². The van der Waals surface area contributed by atoms with Gasteiger partial charge in [0.25, 0.3) is 5.91 Å². The maximum Gasteiger partial charge on any atom is 0.406 e. The van der Waals surface area contributed by atoms with Gasteiger partial charge in [0.05, 0.1) is 5.69 Å². The van der Waals surface area contributed by atoms with Gasteiger partial charge in [-0.3, -0.25) is 9.48 Å². The van der Waals surface area contributed by atoms with Crippen LogP contribution in [-0.4, -0.2) is 45.7 Å². The lowest BCUT2D eigenvalue weighted by Crippen LogP contribution is -2.41. The minimum atomic E-state index is -4.45. The molecule has 0 radical (unpaired) electrons. The van der Waals surface area contributed by atoms with Gasteiger partial charge in [0.1, 0.15) is 12.2 Å². The first-order valence-corrected chi connectivity index (χ1v) is 6.84. The molecule has 0 aromatic carbocycles. The molecule has 0 unspecified atom stereocenters. The summed E-state index contributed by atoms with van der Waals surface area (Å²) in [5.41, 5.74) is 0.840. The van der Waals surface area contributed by atoms with Crippen LogP contribution in [0.2, 0.25) is 0 Å². The summed E-state index contributed by atoms with van der Waals surface area (Å²) in [5, 5.41) is 4.16. The summed E-state index contributed by atoms with van der Waals surface area (Å²) in [7, 11) is 0. The Hall–Kier alpha value is -1.24. The predicted molar refractivity (Wildman–Crippen MR) is 70.0 cm³/mol. The van der Waals surface area contributed by atoms with Crippen molar-refractivity contribution in [2.45, 2.75) is 33.0 Å². The van der Waals surface area contributed by atoms with E-state index in [1.165, 1.54) is 10.7 Å². The summed E-state index contributed by atoms with van der Waals surface area (Å²) < 4.78 is 38.9. The molecule has 0 saturated carbocycles. The van der Waals surface area contributed by atoms with E-state index in [1.54, 1.807) is 6.92 Å². The van der Waals surface area contributed by atoms with Crippen molar-refractivity contribution in [1.29, 1.82) is 0 Å². The van der Waals surface area contributed by atoms with Gasteiger partial charge in [-0.25, -0.2) is 0 Å². The fourth-order valence-electron chi connectivity index (χ4n) is 1.79. The van der Waals surface area contributed by atoms with Crippen LogP contribution in [0.15, 0.2) is 6.07 Å². The minimum absolute atomic E-state index is 0.0529. The molecule has 1 aromatic rings. The first-order chi connectivity index (χ1) is 9.32. The van der Waals surface area contributed by atoms with E-state index in [9.17, 15) is 18.0 Å². The van der Waals surface area contributed by atoms with Crippen LogP contribution in [0.4, 0.5) is 13.2 Å². The number of hydrogen-bond acceptors (Lipinski definition) is 2. The molecule has 114 valence electrons. The first kappa shape index (κ1) is 16.8. The second-order valence-corrected chi connectivity index (χ2v) is 4.60. The number of aromatic nitrogens is 2. The second-order valence-electron chi connectivity index (χ2n) is 4.22. The van der Waals surface area contributed by atoms with Crippen LogP contribution in [0, 0.1) is 0 Å². The molecule has 0 spiro atoms. The standard InChI is InChI=1S/C12H17ClF3N3O/c1-3-9-7-10(19(4-2)17-9)11(20)18(6-5-13)8-12(14,15)16/h7H,3-6,8H2,1-2H3. The van der Waals surface area contributed by atoms with Crippen molar-refractivity contribution in [2.24, 2.45) is 0 Å². The van der Waals surface area contributed by atoms with Gasteiger partial charge in [-0.1, -0.05) is 6.92 Å². The van der Waals surface area contributed by atoms with Gasteiger partial charge in [-0.05, 0) is 19.4 Å². The Morgan fingerprint density at radius 3 is 2.55 bits per heavy atom. The molecule has 8 heteroatoms. The highest BCUT2D eigenvalue weighted by molar-refractivity contribution is 6.18. The fraction of sp³-hybridized carbons (Fsp3) is 0.667. The van der Waals surface area contributed by atoms with Crippen LogP contribution < -0.4 is 0 Å². The van der Waals surface area contributed by atoms with Crippen molar-refractivity contribution < 1.29 is 18.0 Å². The third kappa shape index (κ3) is 4.40. The van der Waals surface area contributed by atoms with E-state index in [-0.39, 0.29) is 18.1 Å². The van der Waals surface area contributed by atoms with Crippen molar-refractivity contribution in [2.75, 3.05) is 19.0 Å². The highest BCUT2D eigenvalue weighted by Gasteiger charge is 2.34. The summed E-state index contributed by atoms with van der Waals surface area (Å²) in [6.45, 7) is 2.59. The SMILES string of the molecule is CCc1cc(C(=O)N(CCCl)CC(F)(F)F)n(CC)n1. The van der Waals surface area contributed by atoms with Gasteiger partial charge in [0.2, 0.25) is 0 Å². The molecule has 0 fully saturated rings. The molecule has 1 amide bonds. The lowest BCUT2D eigenvalue weighted by atomic mass is 10.2. The van der Waals surface area contributed by atoms with Gasteiger partial charge >= 0.3 is 6.18 Å². The molecule has 1 rings (SSSR count). The number of carbonyl (C=O) groups excluding carboxylic acids is 1. The van der Waals surface area contributed by atoms with E-state index in [1.807, 2.05) is 6.92 Å². The number of aryl methyl sites for hydroxylation is 2. The maximum absolute atomic E-state index is 12.5. The van der Waals surface area contributed by atoms with E-state index in [0.29, 0.717) is 23.6 Å². The lowest BCUT2D eigenvalue weighted by Gasteiger charge is -2.23. The molecule has 0 aliphatic heterocycles. The van der Waals surface area contributed by atoms with Gasteiger partial charge in [-0.2, -0.15) is 18.3 Å². The van der Waals surface area contributed by atoms with Crippen LogP contribution in [0.25, 0.3) is 0 Å². The number of rotatable bonds is 6. The van der Waals surface area contributed by atoms with E-state index >= 15 is 0 Å². The Labute approximate surface area is 120 Å². The smallest absolute Gasteiger partial charge is 0.327 e. The number of nitrogens with zero attached hydrogens (tertiary/aromatic N) is 3. The molecule has 1 aromatic heterocycles. The second kappa shape index (κ2) is 6.97. The Morgan fingerprint density at radius 2 is 2.10 bits per heavy atom. The van der Waals surface area contributed by atoms with Crippen molar-refractivity contribution in [3.05, 3.63) is 17.5 Å². The molecule has 0 N–H and O–H groups in total. The van der Waals surface area contributed by atoms with Gasteiger partial charge in [0, 0.05) is 19.0 Å². The van der Waals surface area contributed by atoms with Crippen LogP contribution >= 0.6 is 11.6 Å². The average Bonchev–Trinajstić information content (AvgIpc) is 2.79. The topological polar surface area (TPSA) is 38.1 Å². The summed E-state index contributed by atoms with van der Waals surface area (Å²) >= 11 is 5.48. The zero-order chi connectivity index (χ0) is 15.3. The number of hydrogen-bond donors (Lipinski definition) is 0. The predicted octanol–water partition coefficient (Wildman–Crippen LogP) is 2.71. The Balaban J connectivity index is 3.02. The van der Waals surface area contributed by atoms with Crippen molar-refractivity contribution in [3.8, 4) is 0 Å². The molecule has 20 heavy (non-hydrogen) atoms. The molecule has 0 saturated heterocycles. The van der Waals surface area contributed by atoms with E-state index in [0.717, 1.165) is 0 Å². The van der Waals surface area contributed by atoms with E-state index in [4.69, 9.17) is 11.6 Å². The number of amides is 1. The molecule has 0 aliphatic carbocycles. The molecule has 0 bridgehead atoms. The number of carbonyl (C=O) groups is 1. The number of halogens is 4. The highest BCUT2D eigenvalue weighted by Crippen LogP contribution is 2.18. The van der Waals surface area contributed by atoms with E-state index in [2.05, 4.69) is 5.10 Å². The Bertz CT molecular complexity index is 459. The fourth-order valence-corrected chi connectivity index (χ4v) is 1.99. The molecule has 4 nitrogen and oxygen atoms in total. The summed E-state index contributed by atoms with van der Waals surface area (Å²) in [5.74, 6) is -0.750. The molecular weight excluding hydrogens is 295 g/mol. The zero-order valence-electron chi connectivity index (χ0n) is 11.4. The third-order valence-electron chi connectivity index (χ3n) is 2.72. The van der Waals surface area contributed by atoms with Crippen LogP contribution in [0.5, 0.6) is 0 Å². The summed E-state index contributed by atoms with van der Waals surface area (Å²) in [6.07, 6.45) is -3.84. The maximum atomic E-state index is 12.5. The van der Waals surface area contributed by atoms with Crippen LogP contribution in [0.3, 0.4) is 0 Å². The quantitative estimate of drug-likeness (QED) is 0.758. The van der Waals surface area contributed by atoms with Gasteiger partial charge in [0.15, 0.2) is 0 Å². The van der Waals surface area contributed by atoms with Crippen molar-refractivity contribution in [1.82, 2.24) is 14.7 Å². The first-order valence-electron chi connectivity index (χ1n) is 6.31. The number of alkyl halides is 4. The monoisotopic (exact) mass is 311 g/mol. The van der Waals surface area contributed by atoms with Gasteiger partial charge < -0.3 is 4.90 Å². The summed E-state index contributed by atoms with van der Waals surface area (Å²) in [4.78, 5) is 12.9. The Morgan fingerprint density at radius 1 is 1.45 bits per heavy atom. The Kier molecular flexibility index (Phi) is 5.86. The minimum Gasteiger partial charge on any atom is -0.327 e. The third-order valence-corrected chi connectivity index (χ3v) is 2.89. The average molecular weight is 312 g/mol. The van der Waals surface area contributed by atoms with Crippen LogP contribution in [0.1, 0.15) is 30.0 Å². The zero-order valence-corrected chi connectivity index (χ0v) is 12.1. The van der Waals surface area contributed by atoms with E-state index < -0.39 is 18.6 Å². The normalized spacial score (nSPS) is 11.7. The van der Waals surface area contributed by atoms with Gasteiger partial charge in [-0.15, -0.1) is 11.6 Å². The molecular formula is C12H17ClF3N3O. The molecule has 0 atom stereocenters. The lowest BCUT2D eigenvalue weighted by molar-refractivity contribution is -0.140. The van der Waals surface area contributed by atoms with Crippen LogP contribution in [-0.2, 0) is 13.0 Å². The molecule has 0 aliphatic rings. The summed E-state index contributed by atoms with van der Waals surface area (Å²) in [6, 6.07) is 1.53. The molecule has 1 heterocycles. The van der Waals surface area contributed by atoms with Crippen molar-refractivity contribution in [3.63, 3.8) is 0 Å². The highest BCUT2D eigenvalue weighted by atomic mass is 35.5.